The second kappa shape index (κ2) is 6.79. The van der Waals surface area contributed by atoms with Gasteiger partial charge in [0.2, 0.25) is 0 Å². The van der Waals surface area contributed by atoms with Crippen LogP contribution in [0, 0.1) is 0 Å². The number of aromatic carboxylic acids is 1. The summed E-state index contributed by atoms with van der Waals surface area (Å²) in [6.07, 6.45) is 1.95. The van der Waals surface area contributed by atoms with Gasteiger partial charge in [0.05, 0.1) is 28.0 Å². The van der Waals surface area contributed by atoms with Crippen molar-refractivity contribution in [3.63, 3.8) is 0 Å². The van der Waals surface area contributed by atoms with Gasteiger partial charge in [-0.3, -0.25) is 0 Å². The number of ether oxygens (including phenoxy) is 1. The van der Waals surface area contributed by atoms with E-state index in [1.165, 1.54) is 11.5 Å². The molecule has 1 N–H and O–H groups in total. The molecular formula is C18H17NO3S. The van der Waals surface area contributed by atoms with Crippen LogP contribution < -0.4 is 4.74 Å². The van der Waals surface area contributed by atoms with Crippen molar-refractivity contribution in [3.8, 4) is 17.0 Å². The first-order valence-electron chi connectivity index (χ1n) is 7.55. The first-order chi connectivity index (χ1) is 11.2. The van der Waals surface area contributed by atoms with Gasteiger partial charge in [-0.15, -0.1) is 0 Å². The molecule has 0 saturated carbocycles. The van der Waals surface area contributed by atoms with Crippen molar-refractivity contribution < 1.29 is 14.6 Å². The van der Waals surface area contributed by atoms with Gasteiger partial charge in [-0.1, -0.05) is 43.7 Å². The smallest absolute Gasteiger partial charge is 0.335 e. The SMILES string of the molecule is CCCCOc1cc(C(=O)O)cc2snc(-c3ccccc3)c12. The minimum Gasteiger partial charge on any atom is -0.493 e. The molecule has 0 aliphatic rings. The Kier molecular flexibility index (Phi) is 4.57. The molecule has 5 heteroatoms. The highest BCUT2D eigenvalue weighted by molar-refractivity contribution is 7.13. The van der Waals surface area contributed by atoms with Gasteiger partial charge in [0.1, 0.15) is 5.75 Å². The third kappa shape index (κ3) is 3.19. The van der Waals surface area contributed by atoms with Crippen LogP contribution in [0.2, 0.25) is 0 Å². The summed E-state index contributed by atoms with van der Waals surface area (Å²) in [4.78, 5) is 11.3. The number of hydrogen-bond acceptors (Lipinski definition) is 4. The Morgan fingerprint density at radius 3 is 2.74 bits per heavy atom. The van der Waals surface area contributed by atoms with Crippen molar-refractivity contribution in [1.29, 1.82) is 0 Å². The van der Waals surface area contributed by atoms with Crippen LogP contribution in [-0.4, -0.2) is 22.1 Å². The Bertz CT molecular complexity index is 827. The van der Waals surface area contributed by atoms with Gasteiger partial charge in [-0.25, -0.2) is 4.79 Å². The molecule has 4 nitrogen and oxygen atoms in total. The van der Waals surface area contributed by atoms with E-state index in [0.29, 0.717) is 12.4 Å². The van der Waals surface area contributed by atoms with E-state index in [0.717, 1.165) is 34.2 Å². The average molecular weight is 327 g/mol. The molecule has 0 saturated heterocycles. The monoisotopic (exact) mass is 327 g/mol. The van der Waals surface area contributed by atoms with E-state index in [-0.39, 0.29) is 5.56 Å². The number of carbonyl (C=O) groups is 1. The van der Waals surface area contributed by atoms with Gasteiger partial charge in [0, 0.05) is 5.56 Å². The van der Waals surface area contributed by atoms with Gasteiger partial charge in [0.15, 0.2) is 0 Å². The second-order valence-electron chi connectivity index (χ2n) is 5.25. The van der Waals surface area contributed by atoms with Crippen LogP contribution in [0.1, 0.15) is 30.1 Å². The lowest BCUT2D eigenvalue weighted by molar-refractivity contribution is 0.0696. The van der Waals surface area contributed by atoms with E-state index in [1.807, 2.05) is 30.3 Å². The lowest BCUT2D eigenvalue weighted by atomic mass is 10.1. The van der Waals surface area contributed by atoms with E-state index in [4.69, 9.17) is 4.74 Å². The molecule has 0 radical (unpaired) electrons. The van der Waals surface area contributed by atoms with Crippen LogP contribution in [0.5, 0.6) is 5.75 Å². The molecule has 3 aromatic rings. The number of carboxylic acid groups (broad SMARTS) is 1. The van der Waals surface area contributed by atoms with Crippen molar-refractivity contribution in [1.82, 2.24) is 4.37 Å². The van der Waals surface area contributed by atoms with Gasteiger partial charge in [-0.05, 0) is 30.1 Å². The van der Waals surface area contributed by atoms with Crippen LogP contribution in [0.3, 0.4) is 0 Å². The molecule has 0 amide bonds. The number of rotatable bonds is 6. The molecule has 3 rings (SSSR count). The minimum atomic E-state index is -0.957. The van der Waals surface area contributed by atoms with Crippen LogP contribution >= 0.6 is 11.5 Å². The molecule has 23 heavy (non-hydrogen) atoms. The zero-order chi connectivity index (χ0) is 16.2. The minimum absolute atomic E-state index is 0.229. The number of carboxylic acids is 1. The third-order valence-electron chi connectivity index (χ3n) is 3.59. The van der Waals surface area contributed by atoms with Gasteiger partial charge in [0.25, 0.3) is 0 Å². The van der Waals surface area contributed by atoms with Crippen LogP contribution in [0.25, 0.3) is 21.3 Å². The first kappa shape index (κ1) is 15.5. The van der Waals surface area contributed by atoms with E-state index in [2.05, 4.69) is 11.3 Å². The van der Waals surface area contributed by atoms with Crippen LogP contribution in [-0.2, 0) is 0 Å². The molecule has 118 valence electrons. The van der Waals surface area contributed by atoms with Crippen LogP contribution in [0.15, 0.2) is 42.5 Å². The Balaban J connectivity index is 2.14. The standard InChI is InChI=1S/C18H17NO3S/c1-2-3-9-22-14-10-13(18(20)21)11-15-16(14)17(19-23-15)12-7-5-4-6-8-12/h4-8,10-11H,2-3,9H2,1H3,(H,20,21). The predicted molar refractivity (Wildman–Crippen MR) is 92.4 cm³/mol. The fraction of sp³-hybridized carbons (Fsp3) is 0.222. The fourth-order valence-corrected chi connectivity index (χ4v) is 3.25. The highest BCUT2D eigenvalue weighted by Crippen LogP contribution is 2.38. The van der Waals surface area contributed by atoms with E-state index in [1.54, 1.807) is 12.1 Å². The highest BCUT2D eigenvalue weighted by atomic mass is 32.1. The summed E-state index contributed by atoms with van der Waals surface area (Å²) in [7, 11) is 0. The lowest BCUT2D eigenvalue weighted by Crippen LogP contribution is -2.01. The van der Waals surface area contributed by atoms with Crippen LogP contribution in [0.4, 0.5) is 0 Å². The molecule has 0 fully saturated rings. The average Bonchev–Trinajstić information content (AvgIpc) is 3.00. The normalized spacial score (nSPS) is 10.8. The maximum atomic E-state index is 11.3. The topological polar surface area (TPSA) is 59.4 Å². The number of aromatic nitrogens is 1. The molecular weight excluding hydrogens is 310 g/mol. The van der Waals surface area contributed by atoms with E-state index >= 15 is 0 Å². The van der Waals surface area contributed by atoms with Crippen molar-refractivity contribution in [2.75, 3.05) is 6.61 Å². The van der Waals surface area contributed by atoms with Crippen molar-refractivity contribution in [2.24, 2.45) is 0 Å². The maximum absolute atomic E-state index is 11.3. The Hall–Kier alpha value is -2.40. The molecule has 0 unspecified atom stereocenters. The number of benzene rings is 2. The zero-order valence-corrected chi connectivity index (χ0v) is 13.6. The van der Waals surface area contributed by atoms with E-state index in [9.17, 15) is 9.90 Å². The Labute approximate surface area is 138 Å². The van der Waals surface area contributed by atoms with Crippen molar-refractivity contribution in [3.05, 3.63) is 48.0 Å². The van der Waals surface area contributed by atoms with Gasteiger partial charge >= 0.3 is 5.97 Å². The molecule has 0 bridgehead atoms. The Morgan fingerprint density at radius 1 is 1.26 bits per heavy atom. The molecule has 2 aromatic carbocycles. The number of nitrogens with zero attached hydrogens (tertiary/aromatic N) is 1. The molecule has 0 spiro atoms. The fourth-order valence-electron chi connectivity index (χ4n) is 2.39. The molecule has 0 aliphatic carbocycles. The number of fused-ring (bicyclic) bond motifs is 1. The predicted octanol–water partition coefficient (Wildman–Crippen LogP) is 4.84. The molecule has 1 aromatic heterocycles. The second-order valence-corrected chi connectivity index (χ2v) is 6.06. The third-order valence-corrected chi connectivity index (χ3v) is 4.38. The lowest BCUT2D eigenvalue weighted by Gasteiger charge is -2.09. The Morgan fingerprint density at radius 2 is 2.04 bits per heavy atom. The number of unbranched alkanes of at least 4 members (excludes halogenated alkanes) is 1. The summed E-state index contributed by atoms with van der Waals surface area (Å²) in [6.45, 7) is 2.66. The largest absolute Gasteiger partial charge is 0.493 e. The molecule has 0 atom stereocenters. The quantitative estimate of drug-likeness (QED) is 0.658. The van der Waals surface area contributed by atoms with Gasteiger partial charge < -0.3 is 9.84 Å². The number of hydrogen-bond donors (Lipinski definition) is 1. The summed E-state index contributed by atoms with van der Waals surface area (Å²) >= 11 is 1.30. The summed E-state index contributed by atoms with van der Waals surface area (Å²) in [6, 6.07) is 13.1. The summed E-state index contributed by atoms with van der Waals surface area (Å²) < 4.78 is 11.2. The maximum Gasteiger partial charge on any atom is 0.335 e. The first-order valence-corrected chi connectivity index (χ1v) is 8.33. The molecule has 1 heterocycles. The van der Waals surface area contributed by atoms with Crippen molar-refractivity contribution in [2.45, 2.75) is 19.8 Å². The van der Waals surface area contributed by atoms with E-state index < -0.39 is 5.97 Å². The summed E-state index contributed by atoms with van der Waals surface area (Å²) in [5.74, 6) is -0.358. The highest BCUT2D eigenvalue weighted by Gasteiger charge is 2.17. The van der Waals surface area contributed by atoms with Gasteiger partial charge in [-0.2, -0.15) is 4.37 Å². The van der Waals surface area contributed by atoms with Crippen molar-refractivity contribution >= 4 is 27.6 Å². The zero-order valence-electron chi connectivity index (χ0n) is 12.8. The summed E-state index contributed by atoms with van der Waals surface area (Å²) in [5, 5.41) is 10.2. The molecule has 0 aliphatic heterocycles. The summed E-state index contributed by atoms with van der Waals surface area (Å²) in [5.41, 5.74) is 2.07.